The zero-order valence-corrected chi connectivity index (χ0v) is 3.70. The Bertz CT molecular complexity index is 21.2. The minimum absolute atomic E-state index is 0. The highest BCUT2D eigenvalue weighted by molar-refractivity contribution is 4.63. The smallest absolute Gasteiger partial charge is 0.0356 e. The van der Waals surface area contributed by atoms with Crippen molar-refractivity contribution in [2.45, 2.75) is 34.6 Å². The molecule has 0 nitrogen and oxygen atoms in total. The minimum atomic E-state index is 0. The number of allylic oxidation sites excluding steroid dienone is 1. The zero-order chi connectivity index (χ0) is 4.12. The molecule has 0 aromatic heterocycles. The molecule has 0 aliphatic heterocycles. The summed E-state index contributed by atoms with van der Waals surface area (Å²) in [5, 5.41) is 0. The molecule has 46 valence electrons. The van der Waals surface area contributed by atoms with Crippen LogP contribution in [0.25, 0.3) is 0 Å². The van der Waals surface area contributed by atoms with Gasteiger partial charge in [-0.15, -0.1) is 6.58 Å². The molecule has 0 heterocycles. The van der Waals surface area contributed by atoms with Crippen molar-refractivity contribution in [2.24, 2.45) is 0 Å². The predicted molar refractivity (Wildman–Crippen MR) is 38.6 cm³/mol. The summed E-state index contributed by atoms with van der Waals surface area (Å²) in [4.78, 5) is 0. The first kappa shape index (κ1) is 15.9. The van der Waals surface area contributed by atoms with Gasteiger partial charge in [-0.05, 0) is 6.42 Å². The molecule has 0 N–H and O–H groups in total. The molecule has 0 spiro atoms. The van der Waals surface area contributed by atoms with Crippen LogP contribution < -0.4 is 0 Å². The Morgan fingerprint density at radius 2 is 1.86 bits per heavy atom. The van der Waals surface area contributed by atoms with E-state index in [1.807, 2.05) is 6.08 Å². The molecule has 0 heteroatoms. The lowest BCUT2D eigenvalue weighted by atomic mass is 10.3. The van der Waals surface area contributed by atoms with E-state index < -0.39 is 0 Å². The fraction of sp³-hybridized carbons (Fsp3) is 0.714. The molecular weight excluding hydrogens is 84.1 g/mol. The number of rotatable bonds is 2. The normalized spacial score (nSPS) is 5.29. The summed E-state index contributed by atoms with van der Waals surface area (Å²) >= 11 is 0. The maximum Gasteiger partial charge on any atom is -0.0356 e. The average molecular weight is 102 g/mol. The van der Waals surface area contributed by atoms with Gasteiger partial charge in [0.1, 0.15) is 0 Å². The van der Waals surface area contributed by atoms with Gasteiger partial charge in [0.2, 0.25) is 0 Å². The maximum absolute atomic E-state index is 3.55. The van der Waals surface area contributed by atoms with Crippen molar-refractivity contribution in [3.05, 3.63) is 12.7 Å². The largest absolute Gasteiger partial charge is 0.103 e. The van der Waals surface area contributed by atoms with Crippen molar-refractivity contribution in [2.75, 3.05) is 0 Å². The van der Waals surface area contributed by atoms with Crippen LogP contribution in [0.5, 0.6) is 0 Å². The third kappa shape index (κ3) is 26.5. The lowest BCUT2D eigenvalue weighted by Gasteiger charge is -1.72. The number of unbranched alkanes of at least 4 members (excludes halogenated alkanes) is 1. The summed E-state index contributed by atoms with van der Waals surface area (Å²) in [5.41, 5.74) is 0. The van der Waals surface area contributed by atoms with Gasteiger partial charge in [-0.25, -0.2) is 0 Å². The molecule has 0 saturated carbocycles. The Morgan fingerprint density at radius 1 is 1.43 bits per heavy atom. The Labute approximate surface area is 48.3 Å². The fourth-order valence-corrected chi connectivity index (χ4v) is 0.204. The molecular formula is C7H18. The predicted octanol–water partition coefficient (Wildman–Crippen LogP) is 3.24. The summed E-state index contributed by atoms with van der Waals surface area (Å²) in [6.45, 7) is 5.69. The fourth-order valence-electron chi connectivity index (χ4n) is 0.204. The lowest BCUT2D eigenvalue weighted by Crippen LogP contribution is -1.52. The first-order valence-corrected chi connectivity index (χ1v) is 2.02. The van der Waals surface area contributed by atoms with Crippen molar-refractivity contribution in [3.63, 3.8) is 0 Å². The Balaban J connectivity index is -0.0000000800. The highest BCUT2D eigenvalue weighted by atomic mass is 13.7. The second-order valence-electron chi connectivity index (χ2n) is 1.08. The second-order valence-corrected chi connectivity index (χ2v) is 1.08. The molecule has 0 atom stereocenters. The summed E-state index contributed by atoms with van der Waals surface area (Å²) in [6, 6.07) is 0. The minimum Gasteiger partial charge on any atom is -0.103 e. The monoisotopic (exact) mass is 102 g/mol. The van der Waals surface area contributed by atoms with E-state index in [4.69, 9.17) is 0 Å². The molecule has 7 heavy (non-hydrogen) atoms. The van der Waals surface area contributed by atoms with E-state index >= 15 is 0 Å². The average Bonchev–Trinajstić information content (AvgIpc) is 1.41. The number of hydrogen-bond acceptors (Lipinski definition) is 0. The van der Waals surface area contributed by atoms with Crippen LogP contribution >= 0.6 is 0 Å². The molecule has 0 aromatic rings. The maximum atomic E-state index is 3.55. The summed E-state index contributed by atoms with van der Waals surface area (Å²) < 4.78 is 0. The molecule has 0 saturated heterocycles. The van der Waals surface area contributed by atoms with Crippen LogP contribution in [0.2, 0.25) is 0 Å². The van der Waals surface area contributed by atoms with Crippen molar-refractivity contribution in [1.29, 1.82) is 0 Å². The van der Waals surface area contributed by atoms with Crippen molar-refractivity contribution < 1.29 is 0 Å². The van der Waals surface area contributed by atoms with Crippen LogP contribution in [0.15, 0.2) is 12.7 Å². The number of hydrogen-bond donors (Lipinski definition) is 0. The standard InChI is InChI=1S/C5H10.2CH4/c1-3-5-4-2;;/h3H,1,4-5H2,2H3;2*1H4. The summed E-state index contributed by atoms with van der Waals surface area (Å²) in [6.07, 6.45) is 4.31. The third-order valence-electron chi connectivity index (χ3n) is 0.493. The third-order valence-corrected chi connectivity index (χ3v) is 0.493. The molecule has 0 amide bonds. The Kier molecular flexibility index (Phi) is 39.0. The highest BCUT2D eigenvalue weighted by Gasteiger charge is 1.61. The van der Waals surface area contributed by atoms with E-state index in [-0.39, 0.29) is 14.9 Å². The van der Waals surface area contributed by atoms with Crippen LogP contribution in [0, 0.1) is 0 Å². The quantitative estimate of drug-likeness (QED) is 0.469. The van der Waals surface area contributed by atoms with Gasteiger partial charge < -0.3 is 0 Å². The summed E-state index contributed by atoms with van der Waals surface area (Å²) in [5.74, 6) is 0. The van der Waals surface area contributed by atoms with Gasteiger partial charge in [0, 0.05) is 0 Å². The van der Waals surface area contributed by atoms with Crippen molar-refractivity contribution in [3.8, 4) is 0 Å². The van der Waals surface area contributed by atoms with E-state index in [1.165, 1.54) is 6.42 Å². The first-order valence-electron chi connectivity index (χ1n) is 2.02. The molecule has 0 aromatic carbocycles. The van der Waals surface area contributed by atoms with Gasteiger partial charge in [0.05, 0.1) is 0 Å². The Hall–Kier alpha value is -0.260. The molecule has 0 aliphatic rings. The molecule has 0 rings (SSSR count). The van der Waals surface area contributed by atoms with Crippen LogP contribution in [-0.4, -0.2) is 0 Å². The highest BCUT2D eigenvalue weighted by Crippen LogP contribution is 1.82. The van der Waals surface area contributed by atoms with Crippen LogP contribution in [0.3, 0.4) is 0 Å². The van der Waals surface area contributed by atoms with Gasteiger partial charge in [0.15, 0.2) is 0 Å². The van der Waals surface area contributed by atoms with Crippen LogP contribution in [-0.2, 0) is 0 Å². The van der Waals surface area contributed by atoms with Crippen molar-refractivity contribution >= 4 is 0 Å². The SMILES string of the molecule is C.C.C=CCCC. The zero-order valence-electron chi connectivity index (χ0n) is 3.70. The second kappa shape index (κ2) is 17.2. The van der Waals surface area contributed by atoms with E-state index in [2.05, 4.69) is 13.5 Å². The molecule has 0 fully saturated rings. The lowest BCUT2D eigenvalue weighted by molar-refractivity contribution is 0.961. The van der Waals surface area contributed by atoms with Gasteiger partial charge >= 0.3 is 0 Å². The van der Waals surface area contributed by atoms with E-state index in [0.29, 0.717) is 0 Å². The van der Waals surface area contributed by atoms with E-state index in [0.717, 1.165) is 6.42 Å². The topological polar surface area (TPSA) is 0 Å². The van der Waals surface area contributed by atoms with Gasteiger partial charge in [0.25, 0.3) is 0 Å². The Morgan fingerprint density at radius 3 is 1.86 bits per heavy atom. The van der Waals surface area contributed by atoms with E-state index in [1.54, 1.807) is 0 Å². The van der Waals surface area contributed by atoms with Gasteiger partial charge in [-0.3, -0.25) is 0 Å². The van der Waals surface area contributed by atoms with Gasteiger partial charge in [-0.1, -0.05) is 34.3 Å². The van der Waals surface area contributed by atoms with Crippen LogP contribution in [0.4, 0.5) is 0 Å². The van der Waals surface area contributed by atoms with Crippen molar-refractivity contribution in [1.82, 2.24) is 0 Å². The molecule has 0 unspecified atom stereocenters. The first-order chi connectivity index (χ1) is 2.41. The van der Waals surface area contributed by atoms with E-state index in [9.17, 15) is 0 Å². The van der Waals surface area contributed by atoms with Gasteiger partial charge in [-0.2, -0.15) is 0 Å². The van der Waals surface area contributed by atoms with Crippen LogP contribution in [0.1, 0.15) is 34.6 Å². The molecule has 0 radical (unpaired) electrons. The molecule has 0 bridgehead atoms. The molecule has 0 aliphatic carbocycles. The summed E-state index contributed by atoms with van der Waals surface area (Å²) in [7, 11) is 0.